The van der Waals surface area contributed by atoms with Crippen molar-refractivity contribution in [1.29, 1.82) is 5.26 Å². The second kappa shape index (κ2) is 6.61. The number of carbonyl (C=O) groups is 1. The Bertz CT molecular complexity index is 1400. The maximum absolute atomic E-state index is 12.7. The Hall–Kier alpha value is -4.37. The van der Waals surface area contributed by atoms with Crippen LogP contribution < -0.4 is 5.32 Å². The second-order valence-corrected chi connectivity index (χ2v) is 7.06. The number of aromatic nitrogens is 2. The van der Waals surface area contributed by atoms with Gasteiger partial charge in [-0.2, -0.15) is 10.4 Å². The van der Waals surface area contributed by atoms with Gasteiger partial charge in [0.2, 0.25) is 0 Å². The average molecular weight is 392 g/mol. The average Bonchev–Trinajstić information content (AvgIpc) is 3.27. The molecule has 30 heavy (non-hydrogen) atoms. The van der Waals surface area contributed by atoms with E-state index in [0.717, 1.165) is 33.2 Å². The molecule has 0 aliphatic heterocycles. The molecule has 4 aromatic rings. The van der Waals surface area contributed by atoms with Crippen LogP contribution in [0.4, 0.5) is 5.69 Å². The molecule has 6 nitrogen and oxygen atoms in total. The van der Waals surface area contributed by atoms with Crippen LogP contribution in [-0.4, -0.2) is 20.8 Å². The van der Waals surface area contributed by atoms with Crippen LogP contribution in [0.2, 0.25) is 0 Å². The number of fused-ring (bicyclic) bond motifs is 3. The van der Waals surface area contributed by atoms with Gasteiger partial charge in [0.1, 0.15) is 11.8 Å². The highest BCUT2D eigenvalue weighted by molar-refractivity contribution is 6.17. The summed E-state index contributed by atoms with van der Waals surface area (Å²) in [6, 6.07) is 22.6. The molecule has 2 N–H and O–H groups in total. The third-order valence-corrected chi connectivity index (χ3v) is 5.31. The minimum atomic E-state index is -0.686. The Morgan fingerprint density at radius 2 is 1.73 bits per heavy atom. The molecular formula is C24H16N4O2. The zero-order valence-electron chi connectivity index (χ0n) is 16.0. The lowest BCUT2D eigenvalue weighted by Gasteiger charge is -2.07. The van der Waals surface area contributed by atoms with Crippen LogP contribution in [0.15, 0.2) is 72.3 Å². The van der Waals surface area contributed by atoms with Crippen molar-refractivity contribution in [2.75, 3.05) is 5.32 Å². The maximum atomic E-state index is 12.7. The molecule has 0 bridgehead atoms. The first-order valence-electron chi connectivity index (χ1n) is 9.39. The molecule has 0 saturated heterocycles. The number of aryl methyl sites for hydroxylation is 1. The van der Waals surface area contributed by atoms with Crippen LogP contribution in [-0.2, 0) is 11.8 Å². The smallest absolute Gasteiger partial charge is 0.270 e. The Kier molecular flexibility index (Phi) is 3.90. The number of nitriles is 1. The summed E-state index contributed by atoms with van der Waals surface area (Å²) in [6.45, 7) is 0. The molecular weight excluding hydrogens is 376 g/mol. The Morgan fingerprint density at radius 1 is 1.03 bits per heavy atom. The lowest BCUT2D eigenvalue weighted by atomic mass is 10.0. The van der Waals surface area contributed by atoms with Gasteiger partial charge in [-0.15, -0.1) is 0 Å². The van der Waals surface area contributed by atoms with Crippen molar-refractivity contribution in [3.05, 3.63) is 78.0 Å². The molecule has 0 saturated carbocycles. The lowest BCUT2D eigenvalue weighted by Crippen LogP contribution is -2.15. The standard InChI is InChI=1S/C24H16N4O2/c1-28-22-17-12-6-8-14-7-5-11-16(19(14)17)20(22)21(27-28)23(29)18(13-25)24(30)26-15-9-3-2-4-10-15/h2-12,29H,1H3,(H,26,30). The zero-order chi connectivity index (χ0) is 20.8. The van der Waals surface area contributed by atoms with E-state index in [1.54, 1.807) is 36.0 Å². The highest BCUT2D eigenvalue weighted by Gasteiger charge is 2.31. The number of nitrogens with zero attached hydrogens (tertiary/aromatic N) is 3. The van der Waals surface area contributed by atoms with Crippen LogP contribution in [0.3, 0.4) is 0 Å². The molecule has 0 unspecified atom stereocenters. The fraction of sp³-hybridized carbons (Fsp3) is 0.0417. The molecule has 0 radical (unpaired) electrons. The Morgan fingerprint density at radius 3 is 2.43 bits per heavy atom. The lowest BCUT2D eigenvalue weighted by molar-refractivity contribution is -0.112. The van der Waals surface area contributed by atoms with E-state index in [0.29, 0.717) is 5.69 Å². The van der Waals surface area contributed by atoms with Crippen molar-refractivity contribution in [2.45, 2.75) is 0 Å². The van der Waals surface area contributed by atoms with Crippen molar-refractivity contribution in [3.63, 3.8) is 0 Å². The van der Waals surface area contributed by atoms with Crippen LogP contribution in [0.5, 0.6) is 0 Å². The molecule has 1 heterocycles. The summed E-state index contributed by atoms with van der Waals surface area (Å²) < 4.78 is 1.68. The summed E-state index contributed by atoms with van der Waals surface area (Å²) >= 11 is 0. The molecule has 6 heteroatoms. The summed E-state index contributed by atoms with van der Waals surface area (Å²) in [4.78, 5) is 12.7. The van der Waals surface area contributed by atoms with E-state index in [1.165, 1.54) is 0 Å². The fourth-order valence-electron chi connectivity index (χ4n) is 4.05. The summed E-state index contributed by atoms with van der Waals surface area (Å²) in [6.07, 6.45) is 0. The molecule has 0 atom stereocenters. The third kappa shape index (κ3) is 2.50. The molecule has 0 fully saturated rings. The second-order valence-electron chi connectivity index (χ2n) is 7.06. The van der Waals surface area contributed by atoms with Crippen LogP contribution >= 0.6 is 0 Å². The minimum Gasteiger partial charge on any atom is -0.504 e. The van der Waals surface area contributed by atoms with Crippen LogP contribution in [0.1, 0.15) is 5.69 Å². The molecule has 1 aliphatic rings. The number of hydrogen-bond donors (Lipinski definition) is 2. The van der Waals surface area contributed by atoms with E-state index in [1.807, 2.05) is 48.5 Å². The number of anilines is 1. The van der Waals surface area contributed by atoms with Gasteiger partial charge < -0.3 is 10.4 Å². The minimum absolute atomic E-state index is 0.218. The number of nitrogens with one attached hydrogen (secondary N) is 1. The van der Waals surface area contributed by atoms with Crippen molar-refractivity contribution < 1.29 is 9.90 Å². The quantitative estimate of drug-likeness (QED) is 0.266. The monoisotopic (exact) mass is 392 g/mol. The van der Waals surface area contributed by atoms with Crippen LogP contribution in [0.25, 0.3) is 38.9 Å². The van der Waals surface area contributed by atoms with Gasteiger partial charge in [-0.1, -0.05) is 54.6 Å². The number of amides is 1. The van der Waals surface area contributed by atoms with E-state index in [-0.39, 0.29) is 11.3 Å². The number of benzene rings is 3. The summed E-state index contributed by atoms with van der Waals surface area (Å²) in [7, 11) is 1.79. The van der Waals surface area contributed by atoms with Crippen molar-refractivity contribution in [2.24, 2.45) is 7.05 Å². The first-order chi connectivity index (χ1) is 14.6. The van der Waals surface area contributed by atoms with Gasteiger partial charge in [-0.25, -0.2) is 0 Å². The van der Waals surface area contributed by atoms with Gasteiger partial charge in [-0.3, -0.25) is 9.48 Å². The van der Waals surface area contributed by atoms with E-state index in [2.05, 4.69) is 10.4 Å². The predicted octanol–water partition coefficient (Wildman–Crippen LogP) is 4.65. The van der Waals surface area contributed by atoms with E-state index < -0.39 is 11.7 Å². The Labute approximate surface area is 172 Å². The largest absolute Gasteiger partial charge is 0.504 e. The van der Waals surface area contributed by atoms with Gasteiger partial charge in [0.05, 0.1) is 5.69 Å². The van der Waals surface area contributed by atoms with Gasteiger partial charge in [0.15, 0.2) is 11.3 Å². The third-order valence-electron chi connectivity index (χ3n) is 5.31. The maximum Gasteiger partial charge on any atom is 0.270 e. The topological polar surface area (TPSA) is 90.9 Å². The molecule has 1 amide bonds. The van der Waals surface area contributed by atoms with Crippen molar-refractivity contribution >= 4 is 28.1 Å². The molecule has 144 valence electrons. The molecule has 5 rings (SSSR count). The number of hydrogen-bond acceptors (Lipinski definition) is 4. The van der Waals surface area contributed by atoms with E-state index >= 15 is 0 Å². The van der Waals surface area contributed by atoms with Gasteiger partial charge in [0, 0.05) is 23.9 Å². The summed E-state index contributed by atoms with van der Waals surface area (Å²) in [5.74, 6) is -1.12. The summed E-state index contributed by atoms with van der Waals surface area (Å²) in [5.41, 5.74) is 3.88. The van der Waals surface area contributed by atoms with Gasteiger partial charge in [0.25, 0.3) is 5.91 Å². The van der Waals surface area contributed by atoms with E-state index in [9.17, 15) is 15.2 Å². The SMILES string of the molecule is Cn1nc(C(O)=C(C#N)C(=O)Nc2ccccc2)c2c1-c1cccc3cccc-2c13. The zero-order valence-corrected chi connectivity index (χ0v) is 16.0. The molecule has 3 aromatic carbocycles. The first kappa shape index (κ1) is 17.7. The number of aliphatic hydroxyl groups is 1. The highest BCUT2D eigenvalue weighted by atomic mass is 16.3. The normalized spacial score (nSPS) is 12.3. The molecule has 1 aliphatic carbocycles. The van der Waals surface area contributed by atoms with Crippen LogP contribution in [0, 0.1) is 11.3 Å². The first-order valence-corrected chi connectivity index (χ1v) is 9.39. The van der Waals surface area contributed by atoms with Gasteiger partial charge in [-0.05, 0) is 28.5 Å². The molecule has 1 aromatic heterocycles. The number of rotatable bonds is 3. The van der Waals surface area contributed by atoms with Crippen molar-refractivity contribution in [1.82, 2.24) is 9.78 Å². The fourth-order valence-corrected chi connectivity index (χ4v) is 4.05. The number of aliphatic hydroxyl groups excluding tert-OH is 1. The predicted molar refractivity (Wildman–Crippen MR) is 115 cm³/mol. The highest BCUT2D eigenvalue weighted by Crippen LogP contribution is 2.49. The Balaban J connectivity index is 1.67. The molecule has 0 spiro atoms. The summed E-state index contributed by atoms with van der Waals surface area (Å²) in [5, 5.41) is 29.8. The van der Waals surface area contributed by atoms with Crippen molar-refractivity contribution in [3.8, 4) is 28.5 Å². The van der Waals surface area contributed by atoms with Gasteiger partial charge >= 0.3 is 0 Å². The van der Waals surface area contributed by atoms with E-state index in [4.69, 9.17) is 0 Å². The number of carbonyl (C=O) groups excluding carboxylic acids is 1. The number of para-hydroxylation sites is 1.